The average Bonchev–Trinajstić information content (AvgIpc) is 2.42. The molecule has 0 radical (unpaired) electrons. The van der Waals surface area contributed by atoms with Gasteiger partial charge in [0.25, 0.3) is 0 Å². The van der Waals surface area contributed by atoms with E-state index < -0.39 is 41.4 Å². The van der Waals surface area contributed by atoms with E-state index in [1.165, 1.54) is 0 Å². The summed E-state index contributed by atoms with van der Waals surface area (Å²) in [5.41, 5.74) is -0.244. The molecule has 2 atom stereocenters. The summed E-state index contributed by atoms with van der Waals surface area (Å²) < 4.78 is 40.0. The fourth-order valence-electron chi connectivity index (χ4n) is 2.57. The normalized spacial score (nSPS) is 22.1. The van der Waals surface area contributed by atoms with Crippen molar-refractivity contribution in [1.29, 1.82) is 0 Å². The first-order valence-corrected chi connectivity index (χ1v) is 6.16. The molecule has 5 nitrogen and oxygen atoms in total. The minimum absolute atomic E-state index is 0.00220. The van der Waals surface area contributed by atoms with Gasteiger partial charge in [-0.2, -0.15) is 0 Å². The minimum Gasteiger partial charge on any atom is -0.481 e. The van der Waals surface area contributed by atoms with Crippen LogP contribution in [0.15, 0.2) is 12.1 Å². The van der Waals surface area contributed by atoms with Crippen LogP contribution in [0.5, 0.6) is 0 Å². The van der Waals surface area contributed by atoms with Gasteiger partial charge in [-0.05, 0) is 18.1 Å². The second-order valence-electron chi connectivity index (χ2n) is 4.86. The predicted octanol–water partition coefficient (Wildman–Crippen LogP) is 2.27. The van der Waals surface area contributed by atoms with E-state index in [9.17, 15) is 27.9 Å². The number of aliphatic carboxylic acids is 1. The highest BCUT2D eigenvalue weighted by Gasteiger charge is 2.38. The molecule has 8 heteroatoms. The Bertz CT molecular complexity index is 593. The summed E-state index contributed by atoms with van der Waals surface area (Å²) in [6.45, 7) is -0.323. The van der Waals surface area contributed by atoms with Crippen molar-refractivity contribution in [2.24, 2.45) is 5.92 Å². The fraction of sp³-hybridized carbons (Fsp3) is 0.385. The molecule has 1 fully saturated rings. The van der Waals surface area contributed by atoms with Gasteiger partial charge in [0.1, 0.15) is 5.82 Å². The van der Waals surface area contributed by atoms with Gasteiger partial charge in [0.2, 0.25) is 0 Å². The molecule has 1 aliphatic heterocycles. The number of piperidine rings is 1. The van der Waals surface area contributed by atoms with Crippen molar-refractivity contribution < 1.29 is 33.0 Å². The van der Waals surface area contributed by atoms with E-state index in [0.29, 0.717) is 12.1 Å². The summed E-state index contributed by atoms with van der Waals surface area (Å²) in [7, 11) is 0. The van der Waals surface area contributed by atoms with E-state index >= 15 is 0 Å². The van der Waals surface area contributed by atoms with Crippen molar-refractivity contribution in [3.8, 4) is 0 Å². The quantitative estimate of drug-likeness (QED) is 0.822. The zero-order chi connectivity index (χ0) is 15.7. The SMILES string of the molecule is O=C(O)[C@H]1CN(C(=O)O)CC[C@@H]1c1cc(F)c(F)cc1F. The maximum Gasteiger partial charge on any atom is 0.407 e. The number of benzene rings is 1. The smallest absolute Gasteiger partial charge is 0.407 e. The Kier molecular flexibility index (Phi) is 4.06. The molecule has 0 spiro atoms. The van der Waals surface area contributed by atoms with Gasteiger partial charge >= 0.3 is 12.1 Å². The Morgan fingerprint density at radius 3 is 2.29 bits per heavy atom. The molecule has 0 aliphatic carbocycles. The zero-order valence-electron chi connectivity index (χ0n) is 10.7. The first-order valence-electron chi connectivity index (χ1n) is 6.16. The van der Waals surface area contributed by atoms with Crippen molar-refractivity contribution >= 4 is 12.1 Å². The van der Waals surface area contributed by atoms with E-state index in [1.807, 2.05) is 0 Å². The van der Waals surface area contributed by atoms with Crippen molar-refractivity contribution in [3.63, 3.8) is 0 Å². The maximum atomic E-state index is 13.8. The second kappa shape index (κ2) is 5.63. The summed E-state index contributed by atoms with van der Waals surface area (Å²) >= 11 is 0. The summed E-state index contributed by atoms with van der Waals surface area (Å²) in [4.78, 5) is 23.1. The molecule has 1 aromatic rings. The van der Waals surface area contributed by atoms with Crippen LogP contribution < -0.4 is 0 Å². The van der Waals surface area contributed by atoms with Gasteiger partial charge in [0.05, 0.1) is 5.92 Å². The number of nitrogens with zero attached hydrogens (tertiary/aromatic N) is 1. The standard InChI is InChI=1S/C13H12F3NO4/c14-9-4-11(16)10(15)3-7(9)6-1-2-17(13(20)21)5-8(6)12(18)19/h3-4,6,8H,1-2,5H2,(H,18,19)(H,20,21)/t6-,8+/m1/s1. The van der Waals surface area contributed by atoms with Crippen LogP contribution in [-0.4, -0.2) is 40.3 Å². The summed E-state index contributed by atoms with van der Waals surface area (Å²) in [6.07, 6.45) is -1.25. The Balaban J connectivity index is 2.36. The van der Waals surface area contributed by atoms with Gasteiger partial charge in [0.15, 0.2) is 11.6 Å². The molecule has 1 amide bonds. The van der Waals surface area contributed by atoms with E-state index in [4.69, 9.17) is 5.11 Å². The van der Waals surface area contributed by atoms with Crippen LogP contribution in [0.25, 0.3) is 0 Å². The molecular formula is C13H12F3NO4. The Morgan fingerprint density at radius 2 is 1.71 bits per heavy atom. The zero-order valence-corrected chi connectivity index (χ0v) is 10.7. The monoisotopic (exact) mass is 303 g/mol. The Hall–Kier alpha value is -2.25. The third-order valence-corrected chi connectivity index (χ3v) is 3.64. The minimum atomic E-state index is -1.36. The molecule has 1 aliphatic rings. The van der Waals surface area contributed by atoms with Crippen LogP contribution in [0.1, 0.15) is 17.9 Å². The summed E-state index contributed by atoms with van der Waals surface area (Å²) in [5, 5.41) is 18.1. The summed E-state index contributed by atoms with van der Waals surface area (Å²) in [6, 6.07) is 1.01. The van der Waals surface area contributed by atoms with Gasteiger partial charge in [-0.1, -0.05) is 0 Å². The molecule has 114 valence electrons. The van der Waals surface area contributed by atoms with E-state index in [1.54, 1.807) is 0 Å². The number of hydrogen-bond acceptors (Lipinski definition) is 2. The van der Waals surface area contributed by atoms with Gasteiger partial charge in [0, 0.05) is 25.1 Å². The molecular weight excluding hydrogens is 291 g/mol. The second-order valence-corrected chi connectivity index (χ2v) is 4.86. The van der Waals surface area contributed by atoms with Crippen LogP contribution >= 0.6 is 0 Å². The number of carboxylic acids is 1. The Morgan fingerprint density at radius 1 is 1.10 bits per heavy atom. The number of carbonyl (C=O) groups is 2. The first kappa shape index (κ1) is 15.1. The fourth-order valence-corrected chi connectivity index (χ4v) is 2.57. The molecule has 1 saturated heterocycles. The van der Waals surface area contributed by atoms with E-state index in [2.05, 4.69) is 0 Å². The number of carboxylic acid groups (broad SMARTS) is 2. The molecule has 0 bridgehead atoms. The van der Waals surface area contributed by atoms with Crippen LogP contribution in [0.3, 0.4) is 0 Å². The largest absolute Gasteiger partial charge is 0.481 e. The van der Waals surface area contributed by atoms with E-state index in [-0.39, 0.29) is 25.1 Å². The van der Waals surface area contributed by atoms with Crippen LogP contribution in [0, 0.1) is 23.4 Å². The molecule has 21 heavy (non-hydrogen) atoms. The lowest BCUT2D eigenvalue weighted by atomic mass is 9.80. The summed E-state index contributed by atoms with van der Waals surface area (Å²) in [5.74, 6) is -7.09. The highest BCUT2D eigenvalue weighted by atomic mass is 19.2. The molecule has 0 aromatic heterocycles. The highest BCUT2D eigenvalue weighted by Crippen LogP contribution is 2.35. The molecule has 0 unspecified atom stereocenters. The lowest BCUT2D eigenvalue weighted by molar-refractivity contribution is -0.144. The lowest BCUT2D eigenvalue weighted by Crippen LogP contribution is -2.45. The molecule has 2 N–H and O–H groups in total. The first-order chi connectivity index (χ1) is 9.81. The third kappa shape index (κ3) is 2.93. The topological polar surface area (TPSA) is 77.8 Å². The van der Waals surface area contributed by atoms with Crippen LogP contribution in [0.4, 0.5) is 18.0 Å². The maximum absolute atomic E-state index is 13.8. The number of likely N-dealkylation sites (tertiary alicyclic amines) is 1. The van der Waals surface area contributed by atoms with Crippen molar-refractivity contribution in [2.75, 3.05) is 13.1 Å². The van der Waals surface area contributed by atoms with Crippen LogP contribution in [-0.2, 0) is 4.79 Å². The van der Waals surface area contributed by atoms with Crippen molar-refractivity contribution in [2.45, 2.75) is 12.3 Å². The van der Waals surface area contributed by atoms with Crippen molar-refractivity contribution in [1.82, 2.24) is 4.90 Å². The van der Waals surface area contributed by atoms with Gasteiger partial charge in [-0.25, -0.2) is 18.0 Å². The molecule has 1 heterocycles. The van der Waals surface area contributed by atoms with E-state index in [0.717, 1.165) is 4.90 Å². The molecule has 0 saturated carbocycles. The highest BCUT2D eigenvalue weighted by molar-refractivity contribution is 5.74. The number of rotatable bonds is 2. The average molecular weight is 303 g/mol. The van der Waals surface area contributed by atoms with Crippen LogP contribution in [0.2, 0.25) is 0 Å². The van der Waals surface area contributed by atoms with Gasteiger partial charge in [-0.3, -0.25) is 4.79 Å². The lowest BCUT2D eigenvalue weighted by Gasteiger charge is -2.35. The number of halogens is 3. The number of hydrogen-bond donors (Lipinski definition) is 2. The number of amides is 1. The Labute approximate surface area is 117 Å². The van der Waals surface area contributed by atoms with Crippen molar-refractivity contribution in [3.05, 3.63) is 35.1 Å². The molecule has 2 rings (SSSR count). The molecule has 1 aromatic carbocycles. The van der Waals surface area contributed by atoms with Gasteiger partial charge < -0.3 is 15.1 Å². The third-order valence-electron chi connectivity index (χ3n) is 3.64. The predicted molar refractivity (Wildman–Crippen MR) is 64.4 cm³/mol. The van der Waals surface area contributed by atoms with Gasteiger partial charge in [-0.15, -0.1) is 0 Å².